The van der Waals surface area contributed by atoms with E-state index in [-0.39, 0.29) is 12.4 Å². The summed E-state index contributed by atoms with van der Waals surface area (Å²) in [6, 6.07) is 0.384. The Morgan fingerprint density at radius 1 is 1.55 bits per heavy atom. The normalized spacial score (nSPS) is 30.4. The standard InChI is InChI=1S/C6H13NO2S.ClH/c1-5-6(3-7-5)4-10(2,8)9;/h5-7H,3-4H2,1-2H3;1H. The summed E-state index contributed by atoms with van der Waals surface area (Å²) in [5.74, 6) is 0.677. The molecule has 2 unspecified atom stereocenters. The van der Waals surface area contributed by atoms with E-state index >= 15 is 0 Å². The van der Waals surface area contributed by atoms with Crippen molar-refractivity contribution < 1.29 is 8.42 Å². The average molecular weight is 200 g/mol. The van der Waals surface area contributed by atoms with Crippen molar-refractivity contribution in [1.29, 1.82) is 0 Å². The van der Waals surface area contributed by atoms with E-state index in [9.17, 15) is 8.42 Å². The Morgan fingerprint density at radius 2 is 2.09 bits per heavy atom. The summed E-state index contributed by atoms with van der Waals surface area (Å²) in [5, 5.41) is 3.12. The van der Waals surface area contributed by atoms with E-state index in [1.165, 1.54) is 6.26 Å². The molecule has 1 rings (SSSR count). The summed E-state index contributed by atoms with van der Waals surface area (Å²) in [6.45, 7) is 2.87. The molecule has 5 heteroatoms. The van der Waals surface area contributed by atoms with Gasteiger partial charge in [0.2, 0.25) is 0 Å². The summed E-state index contributed by atoms with van der Waals surface area (Å²) >= 11 is 0. The van der Waals surface area contributed by atoms with Gasteiger partial charge in [0.25, 0.3) is 0 Å². The van der Waals surface area contributed by atoms with Gasteiger partial charge in [0.1, 0.15) is 9.84 Å². The molecule has 0 amide bonds. The number of rotatable bonds is 2. The predicted molar refractivity (Wildman–Crippen MR) is 47.9 cm³/mol. The van der Waals surface area contributed by atoms with Crippen LogP contribution in [0, 0.1) is 5.92 Å². The summed E-state index contributed by atoms with van der Waals surface area (Å²) in [7, 11) is -2.76. The minimum absolute atomic E-state index is 0. The molecule has 1 aliphatic rings. The van der Waals surface area contributed by atoms with Crippen LogP contribution in [0.2, 0.25) is 0 Å². The molecule has 1 aliphatic heterocycles. The van der Waals surface area contributed by atoms with Crippen LogP contribution >= 0.6 is 12.4 Å². The third-order valence-corrected chi connectivity index (χ3v) is 2.96. The van der Waals surface area contributed by atoms with Gasteiger partial charge in [-0.2, -0.15) is 0 Å². The topological polar surface area (TPSA) is 46.2 Å². The molecule has 0 aromatic rings. The lowest BCUT2D eigenvalue weighted by atomic mass is 9.96. The summed E-state index contributed by atoms with van der Waals surface area (Å²) in [5.41, 5.74) is 0. The van der Waals surface area contributed by atoms with Gasteiger partial charge in [0.05, 0.1) is 5.75 Å². The Balaban J connectivity index is 0.000001000. The van der Waals surface area contributed by atoms with Gasteiger partial charge in [-0.25, -0.2) is 8.42 Å². The van der Waals surface area contributed by atoms with Crippen LogP contribution in [0.4, 0.5) is 0 Å². The minimum Gasteiger partial charge on any atom is -0.314 e. The number of hydrogen-bond donors (Lipinski definition) is 1. The first-order valence-corrected chi connectivity index (χ1v) is 5.46. The highest BCUT2D eigenvalue weighted by molar-refractivity contribution is 7.90. The Hall–Kier alpha value is 0.200. The number of halogens is 1. The molecular formula is C6H14ClNO2S. The largest absolute Gasteiger partial charge is 0.314 e. The van der Waals surface area contributed by atoms with Crippen molar-refractivity contribution in [3.05, 3.63) is 0 Å². The quantitative estimate of drug-likeness (QED) is 0.685. The fourth-order valence-corrected chi connectivity index (χ4v) is 2.30. The van der Waals surface area contributed by atoms with E-state index in [0.717, 1.165) is 6.54 Å². The Bertz CT molecular complexity index is 215. The van der Waals surface area contributed by atoms with Crippen LogP contribution in [0.5, 0.6) is 0 Å². The monoisotopic (exact) mass is 199 g/mol. The molecule has 0 bridgehead atoms. The summed E-state index contributed by atoms with van der Waals surface area (Å²) in [6.07, 6.45) is 1.29. The Labute approximate surface area is 73.9 Å². The lowest BCUT2D eigenvalue weighted by Crippen LogP contribution is -2.53. The van der Waals surface area contributed by atoms with Gasteiger partial charge in [0.15, 0.2) is 0 Å². The summed E-state index contributed by atoms with van der Waals surface area (Å²) < 4.78 is 21.5. The van der Waals surface area contributed by atoms with E-state index < -0.39 is 9.84 Å². The zero-order valence-corrected chi connectivity index (χ0v) is 8.33. The first-order chi connectivity index (χ1) is 4.49. The highest BCUT2D eigenvalue weighted by Gasteiger charge is 2.28. The van der Waals surface area contributed by atoms with E-state index in [1.807, 2.05) is 6.92 Å². The molecular weight excluding hydrogens is 186 g/mol. The maximum atomic E-state index is 10.8. The van der Waals surface area contributed by atoms with Gasteiger partial charge in [-0.15, -0.1) is 12.4 Å². The van der Waals surface area contributed by atoms with E-state index in [2.05, 4.69) is 5.32 Å². The van der Waals surface area contributed by atoms with Crippen LogP contribution in [0.15, 0.2) is 0 Å². The molecule has 0 aliphatic carbocycles. The maximum Gasteiger partial charge on any atom is 0.147 e. The molecule has 11 heavy (non-hydrogen) atoms. The fourth-order valence-electron chi connectivity index (χ4n) is 1.11. The van der Waals surface area contributed by atoms with Crippen molar-refractivity contribution in [2.45, 2.75) is 13.0 Å². The van der Waals surface area contributed by atoms with Crippen LogP contribution in [-0.4, -0.2) is 33.0 Å². The smallest absolute Gasteiger partial charge is 0.147 e. The van der Waals surface area contributed by atoms with Crippen LogP contribution < -0.4 is 5.32 Å². The van der Waals surface area contributed by atoms with E-state index in [1.54, 1.807) is 0 Å². The van der Waals surface area contributed by atoms with Gasteiger partial charge in [-0.1, -0.05) is 0 Å². The van der Waals surface area contributed by atoms with Gasteiger partial charge in [-0.3, -0.25) is 0 Å². The highest BCUT2D eigenvalue weighted by Crippen LogP contribution is 2.13. The molecule has 0 saturated carbocycles. The molecule has 0 aromatic heterocycles. The second-order valence-corrected chi connectivity index (χ2v) is 5.23. The maximum absolute atomic E-state index is 10.8. The molecule has 1 N–H and O–H groups in total. The van der Waals surface area contributed by atoms with Gasteiger partial charge < -0.3 is 5.32 Å². The van der Waals surface area contributed by atoms with E-state index in [0.29, 0.717) is 17.7 Å². The fraction of sp³-hybridized carbons (Fsp3) is 1.00. The van der Waals surface area contributed by atoms with Crippen molar-refractivity contribution in [3.8, 4) is 0 Å². The number of nitrogens with one attached hydrogen (secondary N) is 1. The molecule has 68 valence electrons. The first-order valence-electron chi connectivity index (χ1n) is 3.40. The molecule has 1 saturated heterocycles. The predicted octanol–water partition coefficient (Wildman–Crippen LogP) is 0.0607. The Morgan fingerprint density at radius 3 is 2.18 bits per heavy atom. The van der Waals surface area contributed by atoms with Crippen molar-refractivity contribution in [1.82, 2.24) is 5.32 Å². The zero-order chi connectivity index (χ0) is 7.78. The number of hydrogen-bond acceptors (Lipinski definition) is 3. The lowest BCUT2D eigenvalue weighted by Gasteiger charge is -2.34. The average Bonchev–Trinajstić information content (AvgIpc) is 1.78. The van der Waals surface area contributed by atoms with E-state index in [4.69, 9.17) is 0 Å². The van der Waals surface area contributed by atoms with Gasteiger partial charge in [0, 0.05) is 24.8 Å². The minimum atomic E-state index is -2.76. The van der Waals surface area contributed by atoms with Crippen molar-refractivity contribution in [3.63, 3.8) is 0 Å². The molecule has 0 aromatic carbocycles. The van der Waals surface area contributed by atoms with Crippen molar-refractivity contribution >= 4 is 22.2 Å². The van der Waals surface area contributed by atoms with Crippen LogP contribution in [0.3, 0.4) is 0 Å². The molecule has 2 atom stereocenters. The van der Waals surface area contributed by atoms with Gasteiger partial charge >= 0.3 is 0 Å². The first kappa shape index (κ1) is 11.2. The number of sulfone groups is 1. The zero-order valence-electron chi connectivity index (χ0n) is 6.70. The van der Waals surface area contributed by atoms with Crippen LogP contribution in [-0.2, 0) is 9.84 Å². The lowest BCUT2D eigenvalue weighted by molar-refractivity contribution is 0.276. The third-order valence-electron chi connectivity index (χ3n) is 1.93. The molecule has 3 nitrogen and oxygen atoms in total. The SMILES string of the molecule is CC1NCC1CS(C)(=O)=O.Cl. The second-order valence-electron chi connectivity index (χ2n) is 3.05. The van der Waals surface area contributed by atoms with Crippen LogP contribution in [0.25, 0.3) is 0 Å². The second kappa shape index (κ2) is 3.74. The van der Waals surface area contributed by atoms with Crippen LogP contribution in [0.1, 0.15) is 6.92 Å². The Kier molecular flexibility index (Phi) is 3.80. The summed E-state index contributed by atoms with van der Waals surface area (Å²) in [4.78, 5) is 0. The molecule has 0 spiro atoms. The molecule has 1 fully saturated rings. The van der Waals surface area contributed by atoms with Crippen molar-refractivity contribution in [2.75, 3.05) is 18.6 Å². The van der Waals surface area contributed by atoms with Crippen molar-refractivity contribution in [2.24, 2.45) is 5.92 Å². The van der Waals surface area contributed by atoms with Gasteiger partial charge in [-0.05, 0) is 6.92 Å². The third kappa shape index (κ3) is 3.40. The molecule has 0 radical (unpaired) electrons. The highest BCUT2D eigenvalue weighted by atomic mass is 35.5. The molecule has 1 heterocycles.